The van der Waals surface area contributed by atoms with E-state index in [9.17, 15) is 18.4 Å². The first-order valence-corrected chi connectivity index (χ1v) is 11.9. The number of morpholine rings is 1. The van der Waals surface area contributed by atoms with Crippen LogP contribution < -0.4 is 21.1 Å². The van der Waals surface area contributed by atoms with E-state index >= 15 is 0 Å². The summed E-state index contributed by atoms with van der Waals surface area (Å²) in [6, 6.07) is 1.66. The maximum atomic E-state index is 14.2. The molecule has 0 saturated carbocycles. The van der Waals surface area contributed by atoms with Gasteiger partial charge in [0.2, 0.25) is 5.88 Å². The summed E-state index contributed by atoms with van der Waals surface area (Å²) in [6.07, 6.45) is 2.08. The number of hydrogen-bond donors (Lipinski definition) is 3. The molecule has 1 fully saturated rings. The van der Waals surface area contributed by atoms with Crippen LogP contribution >= 0.6 is 11.5 Å². The lowest BCUT2D eigenvalue weighted by atomic mass is 10.1. The summed E-state index contributed by atoms with van der Waals surface area (Å²) in [6.45, 7) is 6.11. The van der Waals surface area contributed by atoms with E-state index in [1.165, 1.54) is 0 Å². The third-order valence-electron chi connectivity index (χ3n) is 5.39. The van der Waals surface area contributed by atoms with Crippen molar-refractivity contribution >= 4 is 28.5 Å². The zero-order valence-corrected chi connectivity index (χ0v) is 19.8. The number of primary amides is 1. The van der Waals surface area contributed by atoms with Crippen molar-refractivity contribution in [1.29, 1.82) is 0 Å². The van der Waals surface area contributed by atoms with Gasteiger partial charge in [-0.3, -0.25) is 15.0 Å². The summed E-state index contributed by atoms with van der Waals surface area (Å²) in [7, 11) is 0. The Labute approximate surface area is 200 Å². The molecule has 12 heteroatoms. The lowest BCUT2D eigenvalue weighted by Gasteiger charge is -2.26. The molecule has 0 spiro atoms. The molecule has 1 aromatic carbocycles. The van der Waals surface area contributed by atoms with Gasteiger partial charge in [0.05, 0.1) is 13.2 Å². The molecule has 1 saturated heterocycles. The monoisotopic (exact) mass is 497 g/mol. The highest BCUT2D eigenvalue weighted by molar-refractivity contribution is 7.11. The van der Waals surface area contributed by atoms with E-state index in [4.69, 9.17) is 15.2 Å². The number of halogens is 2. The fourth-order valence-corrected chi connectivity index (χ4v) is 4.20. The number of nitrogens with zero attached hydrogens (tertiary/aromatic N) is 2. The molecule has 34 heavy (non-hydrogen) atoms. The number of amides is 3. The molecule has 3 rings (SSSR count). The molecule has 1 aromatic heterocycles. The van der Waals surface area contributed by atoms with Gasteiger partial charge in [-0.2, -0.15) is 4.37 Å². The highest BCUT2D eigenvalue weighted by Gasteiger charge is 2.22. The molecule has 0 bridgehead atoms. The molecule has 2 heterocycles. The van der Waals surface area contributed by atoms with Crippen LogP contribution in [0.15, 0.2) is 12.1 Å². The first-order valence-electron chi connectivity index (χ1n) is 11.1. The lowest BCUT2D eigenvalue weighted by Crippen LogP contribution is -2.37. The zero-order valence-electron chi connectivity index (χ0n) is 19.0. The van der Waals surface area contributed by atoms with Gasteiger partial charge in [-0.15, -0.1) is 0 Å². The molecular weight excluding hydrogens is 468 g/mol. The molecule has 2 aromatic rings. The van der Waals surface area contributed by atoms with Gasteiger partial charge in [-0.25, -0.2) is 13.6 Å². The number of urea groups is 1. The number of carbonyl (C=O) groups is 2. The van der Waals surface area contributed by atoms with Crippen molar-refractivity contribution in [2.24, 2.45) is 5.73 Å². The van der Waals surface area contributed by atoms with Crippen LogP contribution in [0.3, 0.4) is 0 Å². The number of nitrogens with two attached hydrogens (primary N) is 1. The van der Waals surface area contributed by atoms with E-state index in [2.05, 4.69) is 19.9 Å². The summed E-state index contributed by atoms with van der Waals surface area (Å²) >= 11 is 0.810. The number of ether oxygens (including phenoxy) is 2. The van der Waals surface area contributed by atoms with Gasteiger partial charge in [0, 0.05) is 25.2 Å². The highest BCUT2D eigenvalue weighted by Crippen LogP contribution is 2.31. The third kappa shape index (κ3) is 7.08. The molecule has 0 unspecified atom stereocenters. The lowest BCUT2D eigenvalue weighted by molar-refractivity contribution is 0.0372. The predicted octanol–water partition coefficient (Wildman–Crippen LogP) is 2.90. The topological polar surface area (TPSA) is 119 Å². The van der Waals surface area contributed by atoms with E-state index in [1.54, 1.807) is 6.92 Å². The Morgan fingerprint density at radius 1 is 1.21 bits per heavy atom. The minimum atomic E-state index is -0.863. The fourth-order valence-electron chi connectivity index (χ4n) is 3.47. The minimum absolute atomic E-state index is 0.0255. The van der Waals surface area contributed by atoms with Gasteiger partial charge in [0.25, 0.3) is 5.91 Å². The second-order valence-corrected chi connectivity index (χ2v) is 8.55. The van der Waals surface area contributed by atoms with Crippen LogP contribution in [0.1, 0.15) is 41.3 Å². The van der Waals surface area contributed by atoms with Crippen molar-refractivity contribution in [3.63, 3.8) is 0 Å². The molecule has 186 valence electrons. The second-order valence-electron chi connectivity index (χ2n) is 7.78. The Morgan fingerprint density at radius 2 is 1.91 bits per heavy atom. The molecule has 0 radical (unpaired) electrons. The van der Waals surface area contributed by atoms with E-state index in [0.717, 1.165) is 69.4 Å². The summed E-state index contributed by atoms with van der Waals surface area (Å²) in [5.41, 5.74) is 5.54. The SMILES string of the molecule is CCc1cc(F)c(COc2nsc(NC(=O)NCCCCN3CCOCC3)c2C(N)=O)cc1F. The first kappa shape index (κ1) is 25.8. The van der Waals surface area contributed by atoms with Crippen molar-refractivity contribution in [2.45, 2.75) is 32.8 Å². The molecule has 3 amide bonds. The average Bonchev–Trinajstić information content (AvgIpc) is 3.22. The van der Waals surface area contributed by atoms with Crippen molar-refractivity contribution in [3.05, 3.63) is 40.5 Å². The summed E-state index contributed by atoms with van der Waals surface area (Å²) in [5.74, 6) is -2.18. The Balaban J connectivity index is 1.50. The van der Waals surface area contributed by atoms with E-state index in [0.29, 0.717) is 13.0 Å². The van der Waals surface area contributed by atoms with Crippen molar-refractivity contribution < 1.29 is 27.8 Å². The van der Waals surface area contributed by atoms with Crippen LogP contribution in [0.25, 0.3) is 0 Å². The van der Waals surface area contributed by atoms with E-state index in [-0.39, 0.29) is 34.2 Å². The third-order valence-corrected chi connectivity index (χ3v) is 6.13. The van der Waals surface area contributed by atoms with Crippen LogP contribution in [-0.4, -0.2) is 60.6 Å². The Morgan fingerprint density at radius 3 is 2.62 bits per heavy atom. The number of unbranched alkanes of at least 4 members (excludes halogenated alkanes) is 1. The molecule has 4 N–H and O–H groups in total. The van der Waals surface area contributed by atoms with E-state index < -0.39 is 23.6 Å². The number of aryl methyl sites for hydroxylation is 1. The number of carbonyl (C=O) groups excluding carboxylic acids is 2. The number of aromatic nitrogens is 1. The summed E-state index contributed by atoms with van der Waals surface area (Å²) in [5, 5.41) is 5.39. The Kier molecular flexibility index (Phi) is 9.54. The number of hydrogen-bond acceptors (Lipinski definition) is 7. The van der Waals surface area contributed by atoms with Crippen LogP contribution in [0, 0.1) is 11.6 Å². The molecule has 1 aliphatic heterocycles. The molecule has 1 aliphatic rings. The minimum Gasteiger partial charge on any atom is -0.471 e. The van der Waals surface area contributed by atoms with Crippen molar-refractivity contribution in [1.82, 2.24) is 14.6 Å². The number of nitrogens with one attached hydrogen (secondary N) is 2. The van der Waals surface area contributed by atoms with Gasteiger partial charge in [0.1, 0.15) is 28.8 Å². The number of benzene rings is 1. The summed E-state index contributed by atoms with van der Waals surface area (Å²) < 4.78 is 42.9. The Hall–Kier alpha value is -2.83. The fraction of sp³-hybridized carbons (Fsp3) is 0.500. The zero-order chi connectivity index (χ0) is 24.5. The standard InChI is InChI=1S/C22H29F2N5O4S/c1-2-14-11-17(24)15(12-16(14)23)13-33-20-18(19(25)30)21(34-28-20)27-22(31)26-5-3-4-6-29-7-9-32-10-8-29/h11-12H,2-10,13H2,1H3,(H2,25,30)(H2,26,27,31). The van der Waals surface area contributed by atoms with E-state index in [1.807, 2.05) is 0 Å². The average molecular weight is 498 g/mol. The first-order chi connectivity index (χ1) is 16.4. The molecular formula is C22H29F2N5O4S. The number of anilines is 1. The van der Waals surface area contributed by atoms with Crippen LogP contribution in [0.4, 0.5) is 18.6 Å². The molecule has 0 aliphatic carbocycles. The molecule has 0 atom stereocenters. The predicted molar refractivity (Wildman–Crippen MR) is 124 cm³/mol. The number of rotatable bonds is 11. The quantitative estimate of drug-likeness (QED) is 0.411. The highest BCUT2D eigenvalue weighted by atomic mass is 32.1. The van der Waals surface area contributed by atoms with Gasteiger partial charge in [-0.1, -0.05) is 6.92 Å². The second kappa shape index (κ2) is 12.6. The smallest absolute Gasteiger partial charge is 0.319 e. The van der Waals surface area contributed by atoms with Crippen molar-refractivity contribution in [3.8, 4) is 5.88 Å². The van der Waals surface area contributed by atoms with Crippen LogP contribution in [0.2, 0.25) is 0 Å². The van der Waals surface area contributed by atoms with Crippen LogP contribution in [0.5, 0.6) is 5.88 Å². The maximum absolute atomic E-state index is 14.2. The Bertz CT molecular complexity index is 998. The molecule has 9 nitrogen and oxygen atoms in total. The maximum Gasteiger partial charge on any atom is 0.319 e. The van der Waals surface area contributed by atoms with Gasteiger partial charge in [0.15, 0.2) is 0 Å². The van der Waals surface area contributed by atoms with Gasteiger partial charge < -0.3 is 20.5 Å². The largest absolute Gasteiger partial charge is 0.471 e. The normalized spacial score (nSPS) is 14.1. The van der Waals surface area contributed by atoms with Crippen LogP contribution in [-0.2, 0) is 17.8 Å². The van der Waals surface area contributed by atoms with Gasteiger partial charge in [-0.05, 0) is 55.0 Å². The summed E-state index contributed by atoms with van der Waals surface area (Å²) in [4.78, 5) is 26.5. The van der Waals surface area contributed by atoms with Crippen molar-refractivity contribution in [2.75, 3.05) is 44.7 Å². The van der Waals surface area contributed by atoms with Gasteiger partial charge >= 0.3 is 6.03 Å².